The van der Waals surface area contributed by atoms with Crippen LogP contribution in [0.3, 0.4) is 0 Å². The van der Waals surface area contributed by atoms with Gasteiger partial charge in [-0.1, -0.05) is 182 Å². The largest absolute Gasteiger partial charge is 0.231 e. The Morgan fingerprint density at radius 3 is 0.591 bits per heavy atom. The Balaban J connectivity index is 1.50. The highest BCUT2D eigenvalue weighted by atomic mass is 28.3. The minimum absolute atomic E-state index is 1.24. The van der Waals surface area contributed by atoms with Crippen molar-refractivity contribution in [3.63, 3.8) is 0 Å². The molecule has 0 atom stereocenters. The van der Waals surface area contributed by atoms with Gasteiger partial charge in [-0.3, -0.25) is 0 Å². The van der Waals surface area contributed by atoms with E-state index in [0.29, 0.717) is 0 Å². The van der Waals surface area contributed by atoms with Gasteiger partial charge in [0.25, 0.3) is 0 Å². The SMILES string of the molecule is C(#CC#C[Si](c1ccccc1)(c1ccccc1)c1ccccc1)C#C[Si](c1ccccc1)(c1ccccc1)c1ccccc1. The molecule has 0 aliphatic rings. The molecule has 0 spiro atoms. The minimum Gasteiger partial charge on any atom is -0.100 e. The lowest BCUT2D eigenvalue weighted by Crippen LogP contribution is -2.66. The molecule has 0 aliphatic carbocycles. The zero-order valence-electron chi connectivity index (χ0n) is 24.3. The van der Waals surface area contributed by atoms with Crippen molar-refractivity contribution >= 4 is 47.3 Å². The molecule has 0 amide bonds. The van der Waals surface area contributed by atoms with Gasteiger partial charge in [0.2, 0.25) is 16.1 Å². The van der Waals surface area contributed by atoms with E-state index >= 15 is 0 Å². The molecular formula is C42H30Si2. The highest BCUT2D eigenvalue weighted by Crippen LogP contribution is 2.08. The summed E-state index contributed by atoms with van der Waals surface area (Å²) in [6.07, 6.45) is 0. The Labute approximate surface area is 263 Å². The summed E-state index contributed by atoms with van der Waals surface area (Å²) in [5.74, 6) is 12.9. The fourth-order valence-corrected chi connectivity index (χ4v) is 13.4. The molecule has 0 bridgehead atoms. The number of hydrogen-bond acceptors (Lipinski definition) is 0. The maximum atomic E-state index is 3.73. The number of hydrogen-bond donors (Lipinski definition) is 0. The molecule has 6 rings (SSSR count). The lowest BCUT2D eigenvalue weighted by molar-refractivity contribution is 1.69. The van der Waals surface area contributed by atoms with E-state index in [-0.39, 0.29) is 0 Å². The van der Waals surface area contributed by atoms with Crippen LogP contribution >= 0.6 is 0 Å². The number of rotatable bonds is 6. The molecule has 0 nitrogen and oxygen atoms in total. The van der Waals surface area contributed by atoms with Gasteiger partial charge < -0.3 is 0 Å². The molecule has 0 saturated carbocycles. The monoisotopic (exact) mass is 590 g/mol. The van der Waals surface area contributed by atoms with E-state index in [9.17, 15) is 0 Å². The van der Waals surface area contributed by atoms with Crippen molar-refractivity contribution < 1.29 is 0 Å². The van der Waals surface area contributed by atoms with Gasteiger partial charge >= 0.3 is 0 Å². The summed E-state index contributed by atoms with van der Waals surface area (Å²) < 4.78 is 0. The summed E-state index contributed by atoms with van der Waals surface area (Å²) in [5, 5.41) is 7.42. The molecule has 0 aromatic heterocycles. The normalized spacial score (nSPS) is 10.6. The van der Waals surface area contributed by atoms with Gasteiger partial charge in [0, 0.05) is 0 Å². The summed E-state index contributed by atoms with van der Waals surface area (Å²) in [7, 11) is -5.36. The van der Waals surface area contributed by atoms with Crippen molar-refractivity contribution in [3.8, 4) is 34.8 Å². The highest BCUT2D eigenvalue weighted by Gasteiger charge is 2.39. The molecule has 6 aromatic rings. The second-order valence-corrected chi connectivity index (χ2v) is 17.4. The lowest BCUT2D eigenvalue weighted by Gasteiger charge is -2.28. The molecule has 0 aliphatic heterocycles. The maximum Gasteiger partial charge on any atom is 0.231 e. The van der Waals surface area contributed by atoms with Crippen LogP contribution in [0.2, 0.25) is 0 Å². The molecule has 0 heterocycles. The fraction of sp³-hybridized carbons (Fsp3) is 0. The standard InChI is InChI=1S/C42H30Si2/c1(21-35-43(37-23-9-3-10-24-37,38-25-11-4-12-26-38)39-27-13-5-14-28-39)2-22-36-44(40-29-15-6-16-30-40,41-31-17-7-18-32-41)42-33-19-8-20-34-42/h3-20,23-34H. The van der Waals surface area contributed by atoms with E-state index < -0.39 is 16.1 Å². The molecule has 0 unspecified atom stereocenters. The first kappa shape index (κ1) is 28.5. The van der Waals surface area contributed by atoms with Gasteiger partial charge in [-0.25, -0.2) is 0 Å². The Bertz CT molecular complexity index is 1650. The van der Waals surface area contributed by atoms with Crippen LogP contribution in [0, 0.1) is 34.8 Å². The second kappa shape index (κ2) is 13.6. The predicted octanol–water partition coefficient (Wildman–Crippen LogP) is 4.42. The quantitative estimate of drug-likeness (QED) is 0.153. The van der Waals surface area contributed by atoms with Crippen molar-refractivity contribution in [2.45, 2.75) is 0 Å². The fourth-order valence-electron chi connectivity index (χ4n) is 5.87. The van der Waals surface area contributed by atoms with Gasteiger partial charge in [0.05, 0.1) is 0 Å². The second-order valence-electron chi connectivity index (χ2n) is 10.4. The van der Waals surface area contributed by atoms with Crippen molar-refractivity contribution in [2.75, 3.05) is 0 Å². The molecule has 206 valence electrons. The van der Waals surface area contributed by atoms with Gasteiger partial charge in [0.1, 0.15) is 0 Å². The van der Waals surface area contributed by atoms with E-state index in [1.807, 2.05) is 0 Å². The molecule has 2 heteroatoms. The summed E-state index contributed by atoms with van der Waals surface area (Å²) in [6, 6.07) is 64.0. The molecule has 0 radical (unpaired) electrons. The Hall–Kier alpha value is -5.57. The highest BCUT2D eigenvalue weighted by molar-refractivity contribution is 7.17. The van der Waals surface area contributed by atoms with Gasteiger partial charge in [-0.05, 0) is 54.8 Å². The van der Waals surface area contributed by atoms with Crippen LogP contribution in [-0.2, 0) is 0 Å². The summed E-state index contributed by atoms with van der Waals surface area (Å²) in [4.78, 5) is 0. The third kappa shape index (κ3) is 5.72. The predicted molar refractivity (Wildman–Crippen MR) is 191 cm³/mol. The molecule has 0 saturated heterocycles. The molecular weight excluding hydrogens is 561 g/mol. The van der Waals surface area contributed by atoms with Gasteiger partial charge in [0.15, 0.2) is 0 Å². The smallest absolute Gasteiger partial charge is 0.100 e. The van der Waals surface area contributed by atoms with Crippen LogP contribution in [0.1, 0.15) is 0 Å². The van der Waals surface area contributed by atoms with Crippen LogP contribution in [0.5, 0.6) is 0 Å². The van der Waals surface area contributed by atoms with Crippen molar-refractivity contribution in [2.24, 2.45) is 0 Å². The third-order valence-electron chi connectivity index (χ3n) is 7.93. The summed E-state index contributed by atoms with van der Waals surface area (Å²) in [6.45, 7) is 0. The maximum absolute atomic E-state index is 3.73. The van der Waals surface area contributed by atoms with Gasteiger partial charge in [-0.15, -0.1) is 11.1 Å². The minimum atomic E-state index is -2.68. The van der Waals surface area contributed by atoms with Crippen molar-refractivity contribution in [3.05, 3.63) is 182 Å². The van der Waals surface area contributed by atoms with Crippen LogP contribution in [-0.4, -0.2) is 16.1 Å². The zero-order valence-corrected chi connectivity index (χ0v) is 26.3. The lowest BCUT2D eigenvalue weighted by atomic mass is 10.3. The van der Waals surface area contributed by atoms with Crippen LogP contribution < -0.4 is 31.1 Å². The summed E-state index contributed by atoms with van der Waals surface area (Å²) in [5.41, 5.74) is 7.47. The molecule has 6 aromatic carbocycles. The average molecular weight is 591 g/mol. The topological polar surface area (TPSA) is 0 Å². The van der Waals surface area contributed by atoms with Gasteiger partial charge in [-0.2, -0.15) is 0 Å². The zero-order chi connectivity index (χ0) is 29.9. The van der Waals surface area contributed by atoms with E-state index in [1.165, 1.54) is 31.1 Å². The first-order chi connectivity index (χ1) is 21.8. The molecule has 0 fully saturated rings. The average Bonchev–Trinajstić information content (AvgIpc) is 3.12. The van der Waals surface area contributed by atoms with Crippen LogP contribution in [0.15, 0.2) is 182 Å². The van der Waals surface area contributed by atoms with E-state index in [1.54, 1.807) is 0 Å². The van der Waals surface area contributed by atoms with Crippen LogP contribution in [0.25, 0.3) is 0 Å². The van der Waals surface area contributed by atoms with E-state index in [2.05, 4.69) is 217 Å². The van der Waals surface area contributed by atoms with E-state index in [4.69, 9.17) is 0 Å². The van der Waals surface area contributed by atoms with Crippen molar-refractivity contribution in [1.82, 2.24) is 0 Å². The first-order valence-corrected chi connectivity index (χ1v) is 18.7. The van der Waals surface area contributed by atoms with Crippen molar-refractivity contribution in [1.29, 1.82) is 0 Å². The van der Waals surface area contributed by atoms with Crippen LogP contribution in [0.4, 0.5) is 0 Å². The molecule has 44 heavy (non-hydrogen) atoms. The Morgan fingerprint density at radius 1 is 0.227 bits per heavy atom. The Morgan fingerprint density at radius 2 is 0.409 bits per heavy atom. The summed E-state index contributed by atoms with van der Waals surface area (Å²) >= 11 is 0. The van der Waals surface area contributed by atoms with E-state index in [0.717, 1.165) is 0 Å². The first-order valence-electron chi connectivity index (χ1n) is 14.7. The number of benzene rings is 6. The third-order valence-corrected chi connectivity index (χ3v) is 16.1. The molecule has 0 N–H and O–H groups in total. The Kier molecular flexibility index (Phi) is 8.83.